The molecule has 4 heteroatoms. The van der Waals surface area contributed by atoms with Gasteiger partial charge in [-0.05, 0) is 0 Å². The van der Waals surface area contributed by atoms with Crippen LogP contribution in [0.25, 0.3) is 0 Å². The van der Waals surface area contributed by atoms with Gasteiger partial charge in [0, 0.05) is 0 Å². The molecule has 0 unspecified atom stereocenters. The SMILES string of the molecule is O=C(O)c1ccc(P(I)(c2ccccc2)(c2ccccc2)c2ccccc2)cc1. The molecule has 0 aliphatic carbocycles. The van der Waals surface area contributed by atoms with Gasteiger partial charge in [-0.15, -0.1) is 0 Å². The first-order chi connectivity index (χ1) is 14.1. The Labute approximate surface area is 183 Å². The maximum absolute atomic E-state index is 11.5. The zero-order valence-corrected chi connectivity index (χ0v) is 18.7. The molecule has 0 heterocycles. The number of hydrogen-bond acceptors (Lipinski definition) is 1. The predicted octanol–water partition coefficient (Wildman–Crippen LogP) is 4.89. The van der Waals surface area contributed by atoms with Crippen LogP contribution in [0.4, 0.5) is 0 Å². The van der Waals surface area contributed by atoms with E-state index in [1.165, 1.54) is 15.9 Å². The molecule has 0 amide bonds. The van der Waals surface area contributed by atoms with Crippen molar-refractivity contribution in [2.45, 2.75) is 0 Å². The molecule has 0 radical (unpaired) electrons. The predicted molar refractivity (Wildman–Crippen MR) is 132 cm³/mol. The first kappa shape index (κ1) is 19.8. The Kier molecular flexibility index (Phi) is 5.28. The number of carboxylic acid groups (broad SMARTS) is 1. The molecule has 4 aromatic carbocycles. The fraction of sp³-hybridized carbons (Fsp3) is 0. The van der Waals surface area contributed by atoms with E-state index in [1.54, 1.807) is 12.1 Å². The van der Waals surface area contributed by atoms with Crippen molar-refractivity contribution < 1.29 is 9.90 Å². The van der Waals surface area contributed by atoms with Crippen LogP contribution in [0.2, 0.25) is 0 Å². The van der Waals surface area contributed by atoms with Crippen molar-refractivity contribution >= 4 is 53.5 Å². The van der Waals surface area contributed by atoms with Crippen molar-refractivity contribution in [2.24, 2.45) is 0 Å². The minimum atomic E-state index is -3.10. The Morgan fingerprint density at radius 3 is 1.17 bits per heavy atom. The molecule has 0 aromatic heterocycles. The van der Waals surface area contributed by atoms with Crippen LogP contribution in [-0.4, -0.2) is 11.1 Å². The zero-order valence-electron chi connectivity index (χ0n) is 15.7. The summed E-state index contributed by atoms with van der Waals surface area (Å²) in [5, 5.41) is 14.2. The van der Waals surface area contributed by atoms with Gasteiger partial charge in [-0.1, -0.05) is 0 Å². The summed E-state index contributed by atoms with van der Waals surface area (Å²) in [5.74, 6) is -0.913. The van der Waals surface area contributed by atoms with Gasteiger partial charge in [0.05, 0.1) is 0 Å². The van der Waals surface area contributed by atoms with Gasteiger partial charge in [0.25, 0.3) is 0 Å². The van der Waals surface area contributed by atoms with Gasteiger partial charge in [0.2, 0.25) is 0 Å². The first-order valence-corrected chi connectivity index (χ1v) is 14.3. The fourth-order valence-corrected chi connectivity index (χ4v) is 12.5. The zero-order chi connectivity index (χ0) is 20.3. The third-order valence-electron chi connectivity index (χ3n) is 5.32. The van der Waals surface area contributed by atoms with Gasteiger partial charge in [0.15, 0.2) is 0 Å². The van der Waals surface area contributed by atoms with Crippen LogP contribution in [-0.2, 0) is 0 Å². The number of carbonyl (C=O) groups is 1. The Morgan fingerprint density at radius 1 is 0.552 bits per heavy atom. The average molecular weight is 510 g/mol. The molecule has 29 heavy (non-hydrogen) atoms. The molecule has 0 fully saturated rings. The van der Waals surface area contributed by atoms with E-state index in [1.807, 2.05) is 30.3 Å². The number of halogens is 1. The number of carboxylic acids is 1. The van der Waals surface area contributed by atoms with E-state index in [2.05, 4.69) is 94.8 Å². The molecule has 1 N–H and O–H groups in total. The van der Waals surface area contributed by atoms with Crippen LogP contribution in [0.15, 0.2) is 115 Å². The molecule has 0 aliphatic heterocycles. The molecule has 0 bridgehead atoms. The van der Waals surface area contributed by atoms with Gasteiger partial charge in [-0.2, -0.15) is 0 Å². The molecular formula is C25H20IO2P. The molecule has 2 nitrogen and oxygen atoms in total. The molecular weight excluding hydrogens is 490 g/mol. The summed E-state index contributed by atoms with van der Waals surface area (Å²) >= 11 is 2.68. The van der Waals surface area contributed by atoms with Crippen LogP contribution in [0, 0.1) is 0 Å². The summed E-state index contributed by atoms with van der Waals surface area (Å²) in [7, 11) is 0. The Morgan fingerprint density at radius 2 is 0.862 bits per heavy atom. The van der Waals surface area contributed by atoms with E-state index in [9.17, 15) is 9.90 Å². The van der Waals surface area contributed by atoms with E-state index < -0.39 is 10.2 Å². The molecule has 144 valence electrons. The van der Waals surface area contributed by atoms with Crippen LogP contribution < -0.4 is 21.2 Å². The number of benzene rings is 4. The summed E-state index contributed by atoms with van der Waals surface area (Å²) in [6.07, 6.45) is 0. The van der Waals surface area contributed by atoms with Crippen molar-refractivity contribution in [3.05, 3.63) is 121 Å². The summed E-state index contributed by atoms with van der Waals surface area (Å²) in [6, 6.07) is 39.1. The van der Waals surface area contributed by atoms with Gasteiger partial charge < -0.3 is 0 Å². The Hall–Kier alpha value is -2.49. The van der Waals surface area contributed by atoms with Crippen molar-refractivity contribution in [1.29, 1.82) is 0 Å². The number of rotatable bonds is 5. The van der Waals surface area contributed by atoms with Crippen molar-refractivity contribution in [3.8, 4) is 0 Å². The van der Waals surface area contributed by atoms with Crippen LogP contribution >= 0.6 is 26.3 Å². The quantitative estimate of drug-likeness (QED) is 0.307. The molecule has 4 rings (SSSR count). The fourth-order valence-electron chi connectivity index (χ4n) is 3.90. The van der Waals surface area contributed by atoms with Crippen LogP contribution in [0.5, 0.6) is 0 Å². The van der Waals surface area contributed by atoms with Gasteiger partial charge >= 0.3 is 184 Å². The third-order valence-corrected chi connectivity index (χ3v) is 17.1. The average Bonchev–Trinajstić information content (AvgIpc) is 2.80. The molecule has 0 saturated heterocycles. The number of hydrogen-bond donors (Lipinski definition) is 1. The van der Waals surface area contributed by atoms with Gasteiger partial charge in [0.1, 0.15) is 0 Å². The molecule has 4 aromatic rings. The second kappa shape index (κ2) is 7.74. The summed E-state index contributed by atoms with van der Waals surface area (Å²) in [4.78, 5) is 11.5. The van der Waals surface area contributed by atoms with Crippen molar-refractivity contribution in [1.82, 2.24) is 0 Å². The second-order valence-corrected chi connectivity index (χ2v) is 16.7. The standard InChI is InChI=1S/C25H20IO2P/c26-29(21-10-4-1-5-11-21,22-12-6-2-7-13-22,23-14-8-3-9-15-23)24-18-16-20(17-19-24)25(27)28/h1-19H,(H,27,28). The summed E-state index contributed by atoms with van der Waals surface area (Å²) in [5.41, 5.74) is 0.296. The molecule has 0 saturated carbocycles. The minimum absolute atomic E-state index is 0.296. The number of aromatic carboxylic acids is 1. The van der Waals surface area contributed by atoms with E-state index in [-0.39, 0.29) is 0 Å². The van der Waals surface area contributed by atoms with Crippen LogP contribution in [0.3, 0.4) is 0 Å². The summed E-state index contributed by atoms with van der Waals surface area (Å²) in [6.45, 7) is 0. The van der Waals surface area contributed by atoms with E-state index in [4.69, 9.17) is 0 Å². The van der Waals surface area contributed by atoms with E-state index in [0.29, 0.717) is 5.56 Å². The van der Waals surface area contributed by atoms with Gasteiger partial charge in [-0.3, -0.25) is 0 Å². The van der Waals surface area contributed by atoms with Crippen LogP contribution in [0.1, 0.15) is 10.4 Å². The maximum atomic E-state index is 11.5. The normalized spacial score (nSPS) is 12.7. The third kappa shape index (κ3) is 3.09. The Bertz CT molecular complexity index is 1030. The molecule has 0 atom stereocenters. The summed E-state index contributed by atoms with van der Waals surface area (Å²) < 4.78 is -3.10. The second-order valence-electron chi connectivity index (χ2n) is 6.87. The van der Waals surface area contributed by atoms with Crippen molar-refractivity contribution in [3.63, 3.8) is 0 Å². The van der Waals surface area contributed by atoms with Crippen molar-refractivity contribution in [2.75, 3.05) is 0 Å². The Balaban J connectivity index is 2.17. The first-order valence-electron chi connectivity index (χ1n) is 9.29. The van der Waals surface area contributed by atoms with E-state index in [0.717, 1.165) is 5.30 Å². The molecule has 0 aliphatic rings. The molecule has 0 spiro atoms. The van der Waals surface area contributed by atoms with Gasteiger partial charge in [-0.25, -0.2) is 0 Å². The monoisotopic (exact) mass is 510 g/mol. The van der Waals surface area contributed by atoms with E-state index >= 15 is 0 Å². The topological polar surface area (TPSA) is 37.3 Å².